The van der Waals surface area contributed by atoms with Crippen LogP contribution in [0.15, 0.2) is 0 Å². The maximum atomic E-state index is 12.7. The smallest absolute Gasteiger partial charge is 0.226 e. The van der Waals surface area contributed by atoms with Crippen LogP contribution in [0.3, 0.4) is 0 Å². The molecule has 2 N–H and O–H groups in total. The monoisotopic (exact) mass is 268 g/mol. The molecule has 110 valence electrons. The maximum absolute atomic E-state index is 12.7. The van der Waals surface area contributed by atoms with E-state index in [2.05, 4.69) is 11.8 Å². The molecule has 1 amide bonds. The minimum Gasteiger partial charge on any atom is -0.383 e. The second-order valence-corrected chi connectivity index (χ2v) is 6.23. The van der Waals surface area contributed by atoms with Gasteiger partial charge in [0, 0.05) is 31.7 Å². The number of hydrogen-bond acceptors (Lipinski definition) is 3. The average Bonchev–Trinajstić information content (AvgIpc) is 3.23. The Morgan fingerprint density at radius 3 is 2.68 bits per heavy atom. The second-order valence-electron chi connectivity index (χ2n) is 6.23. The Bertz CT molecular complexity index is 305. The summed E-state index contributed by atoms with van der Waals surface area (Å²) in [5.41, 5.74) is 6.02. The van der Waals surface area contributed by atoms with E-state index < -0.39 is 0 Å². The molecule has 3 unspecified atom stereocenters. The van der Waals surface area contributed by atoms with Gasteiger partial charge < -0.3 is 15.4 Å². The summed E-state index contributed by atoms with van der Waals surface area (Å²) in [6.07, 6.45) is 6.56. The summed E-state index contributed by atoms with van der Waals surface area (Å²) in [6, 6.07) is 0.573. The van der Waals surface area contributed by atoms with Gasteiger partial charge in [-0.15, -0.1) is 0 Å². The van der Waals surface area contributed by atoms with Crippen LogP contribution in [0.4, 0.5) is 0 Å². The zero-order chi connectivity index (χ0) is 13.8. The molecule has 2 aliphatic carbocycles. The standard InChI is InChI=1S/C15H28N2O2/c1-11(12-6-7-12)17(8-9-19-2)15(18)13-4-3-5-14(16)10-13/h11-14H,3-10,16H2,1-2H3. The van der Waals surface area contributed by atoms with Crippen molar-refractivity contribution < 1.29 is 9.53 Å². The number of ether oxygens (including phenoxy) is 1. The molecule has 0 bridgehead atoms. The van der Waals surface area contributed by atoms with Crippen molar-refractivity contribution in [3.63, 3.8) is 0 Å². The van der Waals surface area contributed by atoms with Crippen molar-refractivity contribution in [3.8, 4) is 0 Å². The molecule has 0 saturated heterocycles. The summed E-state index contributed by atoms with van der Waals surface area (Å²) in [6.45, 7) is 3.54. The Labute approximate surface area is 116 Å². The number of nitrogens with zero attached hydrogens (tertiary/aromatic N) is 1. The van der Waals surface area contributed by atoms with E-state index in [-0.39, 0.29) is 12.0 Å². The third-order valence-corrected chi connectivity index (χ3v) is 4.68. The Hall–Kier alpha value is -0.610. The quantitative estimate of drug-likeness (QED) is 0.799. The minimum absolute atomic E-state index is 0.141. The summed E-state index contributed by atoms with van der Waals surface area (Å²) >= 11 is 0. The molecule has 0 aliphatic heterocycles. The largest absolute Gasteiger partial charge is 0.383 e. The van der Waals surface area contributed by atoms with Gasteiger partial charge in [-0.05, 0) is 44.9 Å². The maximum Gasteiger partial charge on any atom is 0.226 e. The highest BCUT2D eigenvalue weighted by Crippen LogP contribution is 2.36. The lowest BCUT2D eigenvalue weighted by Gasteiger charge is -2.35. The van der Waals surface area contributed by atoms with Crippen LogP contribution in [-0.4, -0.2) is 43.2 Å². The van der Waals surface area contributed by atoms with Crippen LogP contribution in [0.1, 0.15) is 45.4 Å². The van der Waals surface area contributed by atoms with E-state index in [4.69, 9.17) is 10.5 Å². The predicted octanol–water partition coefficient (Wildman–Crippen LogP) is 1.78. The molecule has 2 saturated carbocycles. The minimum atomic E-state index is 0.141. The molecule has 2 fully saturated rings. The van der Waals surface area contributed by atoms with Gasteiger partial charge >= 0.3 is 0 Å². The summed E-state index contributed by atoms with van der Waals surface area (Å²) in [4.78, 5) is 14.8. The van der Waals surface area contributed by atoms with E-state index in [1.165, 1.54) is 12.8 Å². The van der Waals surface area contributed by atoms with E-state index in [1.807, 2.05) is 0 Å². The van der Waals surface area contributed by atoms with Gasteiger partial charge in [0.25, 0.3) is 0 Å². The number of methoxy groups -OCH3 is 1. The van der Waals surface area contributed by atoms with Crippen molar-refractivity contribution in [2.24, 2.45) is 17.6 Å². The van der Waals surface area contributed by atoms with Crippen LogP contribution >= 0.6 is 0 Å². The zero-order valence-corrected chi connectivity index (χ0v) is 12.3. The number of amides is 1. The Balaban J connectivity index is 1.96. The molecule has 0 spiro atoms. The van der Waals surface area contributed by atoms with E-state index >= 15 is 0 Å². The van der Waals surface area contributed by atoms with E-state index in [0.29, 0.717) is 24.5 Å². The van der Waals surface area contributed by atoms with Gasteiger partial charge in [-0.1, -0.05) is 6.42 Å². The molecule has 4 heteroatoms. The first kappa shape index (κ1) is 14.8. The Kier molecular flexibility index (Phi) is 5.22. The third kappa shape index (κ3) is 3.93. The highest BCUT2D eigenvalue weighted by atomic mass is 16.5. The lowest BCUT2D eigenvalue weighted by atomic mass is 9.85. The van der Waals surface area contributed by atoms with Gasteiger partial charge in [0.2, 0.25) is 5.91 Å². The molecule has 3 atom stereocenters. The summed E-state index contributed by atoms with van der Waals surface area (Å²) in [5, 5.41) is 0. The molecular formula is C15H28N2O2. The molecule has 0 radical (unpaired) electrons. The topological polar surface area (TPSA) is 55.6 Å². The summed E-state index contributed by atoms with van der Waals surface area (Å²) in [7, 11) is 1.70. The molecule has 0 aromatic carbocycles. The number of hydrogen-bond donors (Lipinski definition) is 1. The highest BCUT2D eigenvalue weighted by molar-refractivity contribution is 5.79. The van der Waals surface area contributed by atoms with Gasteiger partial charge in [-0.2, -0.15) is 0 Å². The van der Waals surface area contributed by atoms with Gasteiger partial charge in [0.05, 0.1) is 6.61 Å². The molecule has 0 heterocycles. The van der Waals surface area contributed by atoms with Crippen LogP contribution in [0, 0.1) is 11.8 Å². The van der Waals surface area contributed by atoms with Gasteiger partial charge in [-0.3, -0.25) is 4.79 Å². The zero-order valence-electron chi connectivity index (χ0n) is 12.3. The molecule has 4 nitrogen and oxygen atoms in total. The van der Waals surface area contributed by atoms with Gasteiger partial charge in [0.15, 0.2) is 0 Å². The number of carbonyl (C=O) groups excluding carboxylic acids is 1. The molecule has 19 heavy (non-hydrogen) atoms. The van der Waals surface area contributed by atoms with Crippen molar-refractivity contribution in [1.82, 2.24) is 4.90 Å². The first-order valence-electron chi connectivity index (χ1n) is 7.68. The fourth-order valence-corrected chi connectivity index (χ4v) is 3.22. The van der Waals surface area contributed by atoms with Crippen LogP contribution in [0.25, 0.3) is 0 Å². The summed E-state index contributed by atoms with van der Waals surface area (Å²) < 4.78 is 5.16. The molecule has 2 aliphatic rings. The third-order valence-electron chi connectivity index (χ3n) is 4.68. The fourth-order valence-electron chi connectivity index (χ4n) is 3.22. The number of nitrogens with two attached hydrogens (primary N) is 1. The van der Waals surface area contributed by atoms with Crippen molar-refractivity contribution >= 4 is 5.91 Å². The molecular weight excluding hydrogens is 240 g/mol. The van der Waals surface area contributed by atoms with Gasteiger partial charge in [-0.25, -0.2) is 0 Å². The first-order chi connectivity index (χ1) is 9.13. The number of carbonyl (C=O) groups is 1. The summed E-state index contributed by atoms with van der Waals surface area (Å²) in [5.74, 6) is 1.16. The van der Waals surface area contributed by atoms with Crippen LogP contribution in [-0.2, 0) is 9.53 Å². The predicted molar refractivity (Wildman–Crippen MR) is 75.7 cm³/mol. The second kappa shape index (κ2) is 6.71. The Morgan fingerprint density at radius 2 is 2.11 bits per heavy atom. The van der Waals surface area contributed by atoms with E-state index in [0.717, 1.165) is 32.2 Å². The van der Waals surface area contributed by atoms with Crippen LogP contribution < -0.4 is 5.73 Å². The normalized spacial score (nSPS) is 29.0. The van der Waals surface area contributed by atoms with E-state index in [1.54, 1.807) is 7.11 Å². The molecule has 0 aromatic heterocycles. The molecule has 2 rings (SSSR count). The van der Waals surface area contributed by atoms with Crippen molar-refractivity contribution in [2.75, 3.05) is 20.3 Å². The van der Waals surface area contributed by atoms with Crippen LogP contribution in [0.5, 0.6) is 0 Å². The average molecular weight is 268 g/mol. The lowest BCUT2D eigenvalue weighted by Crippen LogP contribution is -2.47. The van der Waals surface area contributed by atoms with Crippen molar-refractivity contribution in [1.29, 1.82) is 0 Å². The van der Waals surface area contributed by atoms with Gasteiger partial charge in [0.1, 0.15) is 0 Å². The van der Waals surface area contributed by atoms with E-state index in [9.17, 15) is 4.79 Å². The fraction of sp³-hybridized carbons (Fsp3) is 0.933. The van der Waals surface area contributed by atoms with Crippen LogP contribution in [0.2, 0.25) is 0 Å². The molecule has 0 aromatic rings. The number of rotatable bonds is 6. The van der Waals surface area contributed by atoms with Crippen molar-refractivity contribution in [2.45, 2.75) is 57.5 Å². The first-order valence-corrected chi connectivity index (χ1v) is 7.68. The SMILES string of the molecule is COCCN(C(=O)C1CCCC(N)C1)C(C)C1CC1. The lowest BCUT2D eigenvalue weighted by molar-refractivity contribution is -0.140. The Morgan fingerprint density at radius 1 is 1.37 bits per heavy atom. The highest BCUT2D eigenvalue weighted by Gasteiger charge is 2.37. The van der Waals surface area contributed by atoms with Crippen molar-refractivity contribution in [3.05, 3.63) is 0 Å².